The lowest BCUT2D eigenvalue weighted by Gasteiger charge is -2.19. The Balaban J connectivity index is 2.78. The van der Waals surface area contributed by atoms with Gasteiger partial charge in [-0.25, -0.2) is 8.42 Å². The largest absolute Gasteiger partial charge is 0.482 e. The van der Waals surface area contributed by atoms with E-state index in [1.165, 1.54) is 22.5 Å². The maximum atomic E-state index is 12.5. The lowest BCUT2D eigenvalue weighted by atomic mass is 10.2. The molecular formula is C17H27ClN2O4S. The Morgan fingerprint density at radius 1 is 1.28 bits per heavy atom. The molecule has 6 nitrogen and oxygen atoms in total. The SMILES string of the molecule is CCC[C@@H](C)NC(=O)COc1ccc(S(=O)(=O)N(CC)CC)cc1Cl. The fourth-order valence-corrected chi connectivity index (χ4v) is 4.22. The number of benzene rings is 1. The molecular weight excluding hydrogens is 364 g/mol. The highest BCUT2D eigenvalue weighted by Gasteiger charge is 2.22. The van der Waals surface area contributed by atoms with Crippen LogP contribution in [0.1, 0.15) is 40.5 Å². The van der Waals surface area contributed by atoms with E-state index in [2.05, 4.69) is 5.32 Å². The maximum absolute atomic E-state index is 12.5. The van der Waals surface area contributed by atoms with Gasteiger partial charge in [0.25, 0.3) is 5.91 Å². The second kappa shape index (κ2) is 9.99. The highest BCUT2D eigenvalue weighted by Crippen LogP contribution is 2.28. The minimum Gasteiger partial charge on any atom is -0.482 e. The van der Waals surface area contributed by atoms with E-state index in [0.717, 1.165) is 12.8 Å². The molecule has 0 aliphatic carbocycles. The topological polar surface area (TPSA) is 75.7 Å². The maximum Gasteiger partial charge on any atom is 0.258 e. The lowest BCUT2D eigenvalue weighted by Crippen LogP contribution is -2.36. The normalized spacial score (nSPS) is 12.9. The number of hydrogen-bond acceptors (Lipinski definition) is 4. The van der Waals surface area contributed by atoms with Gasteiger partial charge in [-0.3, -0.25) is 4.79 Å². The summed E-state index contributed by atoms with van der Waals surface area (Å²) < 4.78 is 31.7. The quantitative estimate of drug-likeness (QED) is 0.666. The van der Waals surface area contributed by atoms with Gasteiger partial charge in [0, 0.05) is 19.1 Å². The number of hydrogen-bond donors (Lipinski definition) is 1. The van der Waals surface area contributed by atoms with Gasteiger partial charge in [-0.05, 0) is 31.5 Å². The van der Waals surface area contributed by atoms with Crippen LogP contribution in [-0.2, 0) is 14.8 Å². The van der Waals surface area contributed by atoms with Crippen molar-refractivity contribution in [1.82, 2.24) is 9.62 Å². The molecule has 0 aromatic heterocycles. The number of sulfonamides is 1. The van der Waals surface area contributed by atoms with Crippen LogP contribution in [0, 0.1) is 0 Å². The number of rotatable bonds is 10. The number of nitrogens with zero attached hydrogens (tertiary/aromatic N) is 1. The first kappa shape index (κ1) is 21.7. The Bertz CT molecular complexity index is 675. The summed E-state index contributed by atoms with van der Waals surface area (Å²) in [6, 6.07) is 4.34. The van der Waals surface area contributed by atoms with Crippen molar-refractivity contribution in [2.75, 3.05) is 19.7 Å². The van der Waals surface area contributed by atoms with Crippen molar-refractivity contribution in [2.45, 2.75) is 51.5 Å². The molecule has 1 N–H and O–H groups in total. The molecule has 0 saturated carbocycles. The highest BCUT2D eigenvalue weighted by molar-refractivity contribution is 7.89. The van der Waals surface area contributed by atoms with Gasteiger partial charge in [-0.1, -0.05) is 38.8 Å². The first-order valence-corrected chi connectivity index (χ1v) is 10.3. The molecule has 1 aromatic rings. The van der Waals surface area contributed by atoms with E-state index in [1.54, 1.807) is 13.8 Å². The van der Waals surface area contributed by atoms with Crippen LogP contribution in [0.4, 0.5) is 0 Å². The Hall–Kier alpha value is -1.31. The van der Waals surface area contributed by atoms with Crippen LogP contribution in [-0.4, -0.2) is 44.4 Å². The molecule has 1 amide bonds. The van der Waals surface area contributed by atoms with E-state index in [1.807, 2.05) is 13.8 Å². The summed E-state index contributed by atoms with van der Waals surface area (Å²) >= 11 is 6.13. The Kier molecular flexibility index (Phi) is 8.68. The summed E-state index contributed by atoms with van der Waals surface area (Å²) in [4.78, 5) is 11.9. The van der Waals surface area contributed by atoms with E-state index in [9.17, 15) is 13.2 Å². The number of halogens is 1. The standard InChI is InChI=1S/C17H27ClN2O4S/c1-5-8-13(4)19-17(21)12-24-16-10-9-14(11-15(16)18)25(22,23)20(6-2)7-3/h9-11,13H,5-8,12H2,1-4H3,(H,19,21)/t13-/m1/s1. The summed E-state index contributed by atoms with van der Waals surface area (Å²) in [5.41, 5.74) is 0. The zero-order valence-corrected chi connectivity index (χ0v) is 16.8. The first-order chi connectivity index (χ1) is 11.8. The smallest absolute Gasteiger partial charge is 0.258 e. The van der Waals surface area contributed by atoms with Gasteiger partial charge >= 0.3 is 0 Å². The Morgan fingerprint density at radius 2 is 1.92 bits per heavy atom. The van der Waals surface area contributed by atoms with Crippen LogP contribution < -0.4 is 10.1 Å². The van der Waals surface area contributed by atoms with Gasteiger partial charge in [0.15, 0.2) is 6.61 Å². The van der Waals surface area contributed by atoms with Gasteiger partial charge in [0.1, 0.15) is 5.75 Å². The van der Waals surface area contributed by atoms with Crippen molar-refractivity contribution >= 4 is 27.5 Å². The molecule has 0 radical (unpaired) electrons. The molecule has 25 heavy (non-hydrogen) atoms. The molecule has 1 atom stereocenters. The van der Waals surface area contributed by atoms with Crippen LogP contribution >= 0.6 is 11.6 Å². The predicted octanol–water partition coefficient (Wildman–Crippen LogP) is 3.05. The third kappa shape index (κ3) is 6.17. The fraction of sp³-hybridized carbons (Fsp3) is 0.588. The van der Waals surface area contributed by atoms with E-state index in [0.29, 0.717) is 13.1 Å². The van der Waals surface area contributed by atoms with Gasteiger partial charge in [0.05, 0.1) is 9.92 Å². The van der Waals surface area contributed by atoms with E-state index in [-0.39, 0.29) is 34.2 Å². The molecule has 8 heteroatoms. The number of nitrogens with one attached hydrogen (secondary N) is 1. The van der Waals surface area contributed by atoms with E-state index in [4.69, 9.17) is 16.3 Å². The summed E-state index contributed by atoms with van der Waals surface area (Å²) in [6.45, 7) is 8.12. The molecule has 0 bridgehead atoms. The molecule has 0 fully saturated rings. The number of amides is 1. The van der Waals surface area contributed by atoms with Crippen molar-refractivity contribution < 1.29 is 17.9 Å². The monoisotopic (exact) mass is 390 g/mol. The average molecular weight is 391 g/mol. The van der Waals surface area contributed by atoms with Crippen molar-refractivity contribution in [3.63, 3.8) is 0 Å². The van der Waals surface area contributed by atoms with Crippen LogP contribution in [0.25, 0.3) is 0 Å². The minimum absolute atomic E-state index is 0.0816. The summed E-state index contributed by atoms with van der Waals surface area (Å²) in [6.07, 6.45) is 1.88. The average Bonchev–Trinajstić information content (AvgIpc) is 2.54. The third-order valence-corrected chi connectivity index (χ3v) is 6.08. The van der Waals surface area contributed by atoms with Crippen LogP contribution in [0.3, 0.4) is 0 Å². The molecule has 0 saturated heterocycles. The number of ether oxygens (including phenoxy) is 1. The Morgan fingerprint density at radius 3 is 2.44 bits per heavy atom. The summed E-state index contributed by atoms with van der Waals surface area (Å²) in [5, 5.41) is 2.98. The lowest BCUT2D eigenvalue weighted by molar-refractivity contribution is -0.123. The molecule has 0 heterocycles. The summed E-state index contributed by atoms with van der Waals surface area (Å²) in [7, 11) is -3.58. The van der Waals surface area contributed by atoms with E-state index >= 15 is 0 Å². The van der Waals surface area contributed by atoms with Crippen LogP contribution in [0.15, 0.2) is 23.1 Å². The van der Waals surface area contributed by atoms with Gasteiger partial charge in [0.2, 0.25) is 10.0 Å². The van der Waals surface area contributed by atoms with Crippen LogP contribution in [0.2, 0.25) is 5.02 Å². The number of carbonyl (C=O) groups excluding carboxylic acids is 1. The van der Waals surface area contributed by atoms with Crippen molar-refractivity contribution in [3.05, 3.63) is 23.2 Å². The van der Waals surface area contributed by atoms with Gasteiger partial charge in [-0.2, -0.15) is 4.31 Å². The van der Waals surface area contributed by atoms with Crippen LogP contribution in [0.5, 0.6) is 5.75 Å². The molecule has 1 aromatic carbocycles. The Labute approximate surface area is 155 Å². The molecule has 0 spiro atoms. The van der Waals surface area contributed by atoms with Crippen molar-refractivity contribution in [2.24, 2.45) is 0 Å². The second-order valence-corrected chi connectivity index (χ2v) is 8.07. The van der Waals surface area contributed by atoms with Crippen molar-refractivity contribution in [3.8, 4) is 5.75 Å². The molecule has 0 aliphatic rings. The minimum atomic E-state index is -3.58. The predicted molar refractivity (Wildman–Crippen MR) is 99.6 cm³/mol. The highest BCUT2D eigenvalue weighted by atomic mass is 35.5. The fourth-order valence-electron chi connectivity index (χ4n) is 2.44. The zero-order chi connectivity index (χ0) is 19.0. The third-order valence-electron chi connectivity index (χ3n) is 3.73. The van der Waals surface area contributed by atoms with E-state index < -0.39 is 10.0 Å². The zero-order valence-electron chi connectivity index (χ0n) is 15.2. The van der Waals surface area contributed by atoms with Gasteiger partial charge < -0.3 is 10.1 Å². The molecule has 0 aliphatic heterocycles. The molecule has 0 unspecified atom stereocenters. The summed E-state index contributed by atoms with van der Waals surface area (Å²) in [5.74, 6) is 0.0373. The number of carbonyl (C=O) groups is 1. The first-order valence-electron chi connectivity index (χ1n) is 8.48. The van der Waals surface area contributed by atoms with Crippen molar-refractivity contribution in [1.29, 1.82) is 0 Å². The van der Waals surface area contributed by atoms with Gasteiger partial charge in [-0.15, -0.1) is 0 Å². The second-order valence-electron chi connectivity index (χ2n) is 5.73. The molecule has 1 rings (SSSR count). The molecule has 142 valence electrons.